The van der Waals surface area contributed by atoms with Gasteiger partial charge in [-0.2, -0.15) is 13.2 Å². The fraction of sp³-hybridized carbons (Fsp3) is 0.393. The predicted octanol–water partition coefficient (Wildman–Crippen LogP) is 5.01. The van der Waals surface area contributed by atoms with E-state index in [1.807, 2.05) is 13.8 Å². The summed E-state index contributed by atoms with van der Waals surface area (Å²) >= 11 is 2.91. The SMILES string of the molecule is CNC(O)c1ccc(-n2c(CC(C)C)nc3c(c2=O)C[C@@H](C)N(C(=O)c2ccc(Br)c(C(F)(F)F)c2)C3)cc1. The maximum absolute atomic E-state index is 13.8. The van der Waals surface area contributed by atoms with Gasteiger partial charge in [-0.05, 0) is 62.2 Å². The van der Waals surface area contributed by atoms with E-state index < -0.39 is 29.9 Å². The van der Waals surface area contributed by atoms with E-state index in [0.29, 0.717) is 34.8 Å². The average Bonchev–Trinajstić information content (AvgIpc) is 2.87. The van der Waals surface area contributed by atoms with Crippen LogP contribution in [0.2, 0.25) is 0 Å². The fourth-order valence-electron chi connectivity index (χ4n) is 4.76. The van der Waals surface area contributed by atoms with Crippen LogP contribution in [0, 0.1) is 5.92 Å². The van der Waals surface area contributed by atoms with Gasteiger partial charge in [-0.3, -0.25) is 19.5 Å². The number of aliphatic hydroxyl groups excluding tert-OH is 1. The lowest BCUT2D eigenvalue weighted by molar-refractivity contribution is -0.138. The van der Waals surface area contributed by atoms with Gasteiger partial charge in [-0.25, -0.2) is 4.98 Å². The number of alkyl halides is 3. The van der Waals surface area contributed by atoms with Crippen LogP contribution >= 0.6 is 15.9 Å². The number of carbonyl (C=O) groups is 1. The highest BCUT2D eigenvalue weighted by Crippen LogP contribution is 2.36. The predicted molar refractivity (Wildman–Crippen MR) is 145 cm³/mol. The number of benzene rings is 2. The lowest BCUT2D eigenvalue weighted by Gasteiger charge is -2.35. The first-order chi connectivity index (χ1) is 18.3. The van der Waals surface area contributed by atoms with Crippen molar-refractivity contribution in [2.75, 3.05) is 7.05 Å². The molecule has 4 rings (SSSR count). The molecule has 3 aromatic rings. The second-order valence-electron chi connectivity index (χ2n) is 10.2. The summed E-state index contributed by atoms with van der Waals surface area (Å²) in [6, 6.07) is 9.96. The lowest BCUT2D eigenvalue weighted by atomic mass is 9.97. The van der Waals surface area contributed by atoms with Crippen LogP contribution in [0.4, 0.5) is 13.2 Å². The van der Waals surface area contributed by atoms with Crippen LogP contribution in [0.25, 0.3) is 5.69 Å². The van der Waals surface area contributed by atoms with Crippen LogP contribution in [0.1, 0.15) is 65.6 Å². The molecule has 0 bridgehead atoms. The maximum atomic E-state index is 13.8. The molecular weight excluding hydrogens is 577 g/mol. The summed E-state index contributed by atoms with van der Waals surface area (Å²) < 4.78 is 41.8. The molecule has 2 atom stereocenters. The molecule has 208 valence electrons. The Bertz CT molecular complexity index is 1440. The van der Waals surface area contributed by atoms with Gasteiger partial charge in [0.2, 0.25) is 0 Å². The Morgan fingerprint density at radius 3 is 2.46 bits per heavy atom. The summed E-state index contributed by atoms with van der Waals surface area (Å²) in [5.41, 5.74) is 0.944. The third-order valence-electron chi connectivity index (χ3n) is 6.79. The summed E-state index contributed by atoms with van der Waals surface area (Å²) in [6.45, 7) is 5.79. The molecule has 7 nitrogen and oxygen atoms in total. The summed E-state index contributed by atoms with van der Waals surface area (Å²) in [7, 11) is 1.64. The van der Waals surface area contributed by atoms with Gasteiger partial charge < -0.3 is 10.0 Å². The summed E-state index contributed by atoms with van der Waals surface area (Å²) in [5, 5.41) is 12.8. The van der Waals surface area contributed by atoms with Crippen LogP contribution in [0.15, 0.2) is 51.7 Å². The third kappa shape index (κ3) is 5.95. The Morgan fingerprint density at radius 1 is 1.21 bits per heavy atom. The molecule has 1 amide bonds. The number of amides is 1. The van der Waals surface area contributed by atoms with Crippen molar-refractivity contribution in [3.8, 4) is 5.69 Å². The van der Waals surface area contributed by atoms with Crippen molar-refractivity contribution in [2.45, 2.75) is 58.6 Å². The van der Waals surface area contributed by atoms with Gasteiger partial charge in [0.25, 0.3) is 11.5 Å². The van der Waals surface area contributed by atoms with E-state index in [9.17, 15) is 27.9 Å². The van der Waals surface area contributed by atoms with E-state index in [0.717, 1.165) is 6.07 Å². The first-order valence-electron chi connectivity index (χ1n) is 12.6. The van der Waals surface area contributed by atoms with Crippen LogP contribution in [0.5, 0.6) is 0 Å². The monoisotopic (exact) mass is 606 g/mol. The number of hydrogen-bond acceptors (Lipinski definition) is 5. The summed E-state index contributed by atoms with van der Waals surface area (Å²) in [6.07, 6.45) is -4.74. The van der Waals surface area contributed by atoms with Crippen LogP contribution in [0.3, 0.4) is 0 Å². The molecular formula is C28H30BrF3N4O3. The number of rotatable bonds is 6. The Morgan fingerprint density at radius 2 is 1.87 bits per heavy atom. The van der Waals surface area contributed by atoms with Crippen molar-refractivity contribution in [1.29, 1.82) is 0 Å². The molecule has 2 heterocycles. The fourth-order valence-corrected chi connectivity index (χ4v) is 5.23. The number of aromatic nitrogens is 2. The molecule has 0 fully saturated rings. The van der Waals surface area contributed by atoms with Gasteiger partial charge in [0, 0.05) is 28.1 Å². The van der Waals surface area contributed by atoms with E-state index >= 15 is 0 Å². The highest BCUT2D eigenvalue weighted by molar-refractivity contribution is 9.10. The van der Waals surface area contributed by atoms with E-state index in [1.165, 1.54) is 17.0 Å². The minimum Gasteiger partial charge on any atom is -0.374 e. The molecule has 1 aromatic heterocycles. The van der Waals surface area contributed by atoms with Crippen LogP contribution in [-0.4, -0.2) is 38.6 Å². The number of fused-ring (bicyclic) bond motifs is 1. The zero-order valence-electron chi connectivity index (χ0n) is 22.0. The molecule has 11 heteroatoms. The van der Waals surface area contributed by atoms with Gasteiger partial charge in [0.15, 0.2) is 0 Å². The first kappa shape index (κ1) is 29.0. The number of halogens is 4. The standard InChI is InChI=1S/C28H30BrF3N4O3/c1-15(2)11-24-34-23-14-35(26(38)18-7-10-22(29)21(13-18)28(30,31)32)16(3)12-20(23)27(39)36(24)19-8-5-17(6-9-19)25(37)33-4/h5-10,13,15-16,25,33,37H,11-12,14H2,1-4H3/t16-,25?/m1/s1. The van der Waals surface area contributed by atoms with Crippen molar-refractivity contribution in [3.05, 3.63) is 91.1 Å². The molecule has 1 unspecified atom stereocenters. The molecule has 1 aliphatic rings. The van der Waals surface area contributed by atoms with Crippen molar-refractivity contribution in [3.63, 3.8) is 0 Å². The van der Waals surface area contributed by atoms with Gasteiger partial charge in [-0.1, -0.05) is 41.9 Å². The topological polar surface area (TPSA) is 87.5 Å². The van der Waals surface area contributed by atoms with Gasteiger partial charge in [-0.15, -0.1) is 0 Å². The number of hydrogen-bond donors (Lipinski definition) is 2. The van der Waals surface area contributed by atoms with Gasteiger partial charge in [0.1, 0.15) is 12.1 Å². The normalized spacial score (nSPS) is 16.4. The molecule has 1 aliphatic heterocycles. The third-order valence-corrected chi connectivity index (χ3v) is 7.49. The highest BCUT2D eigenvalue weighted by Gasteiger charge is 2.36. The van der Waals surface area contributed by atoms with E-state index in [1.54, 1.807) is 42.8 Å². The second-order valence-corrected chi connectivity index (χ2v) is 11.0. The summed E-state index contributed by atoms with van der Waals surface area (Å²) in [5.74, 6) is 0.150. The molecule has 2 N–H and O–H groups in total. The smallest absolute Gasteiger partial charge is 0.374 e. The average molecular weight is 607 g/mol. The van der Waals surface area contributed by atoms with Crippen molar-refractivity contribution in [2.24, 2.45) is 5.92 Å². The number of nitrogens with zero attached hydrogens (tertiary/aromatic N) is 3. The molecule has 0 saturated heterocycles. The zero-order chi connectivity index (χ0) is 28.6. The molecule has 0 aliphatic carbocycles. The largest absolute Gasteiger partial charge is 0.417 e. The lowest BCUT2D eigenvalue weighted by Crippen LogP contribution is -2.46. The second kappa shape index (κ2) is 11.2. The highest BCUT2D eigenvalue weighted by atomic mass is 79.9. The van der Waals surface area contributed by atoms with E-state index in [-0.39, 0.29) is 34.5 Å². The van der Waals surface area contributed by atoms with Gasteiger partial charge in [0.05, 0.1) is 23.5 Å². The van der Waals surface area contributed by atoms with E-state index in [2.05, 4.69) is 21.2 Å². The van der Waals surface area contributed by atoms with Crippen LogP contribution < -0.4 is 10.9 Å². The number of nitrogens with one attached hydrogen (secondary N) is 1. The molecule has 2 aromatic carbocycles. The minimum atomic E-state index is -4.61. The Labute approximate surface area is 232 Å². The molecule has 39 heavy (non-hydrogen) atoms. The van der Waals surface area contributed by atoms with Crippen molar-refractivity contribution < 1.29 is 23.1 Å². The quantitative estimate of drug-likeness (QED) is 0.385. The number of aliphatic hydroxyl groups is 1. The maximum Gasteiger partial charge on any atom is 0.417 e. The Kier molecular flexibility index (Phi) is 8.34. The van der Waals surface area contributed by atoms with Crippen molar-refractivity contribution in [1.82, 2.24) is 19.8 Å². The van der Waals surface area contributed by atoms with Crippen LogP contribution in [-0.2, 0) is 25.6 Å². The Hall–Kier alpha value is -3.02. The van der Waals surface area contributed by atoms with Crippen molar-refractivity contribution >= 4 is 21.8 Å². The number of carbonyl (C=O) groups excluding carboxylic acids is 1. The molecule has 0 spiro atoms. The Balaban J connectivity index is 1.74. The zero-order valence-corrected chi connectivity index (χ0v) is 23.6. The van der Waals surface area contributed by atoms with E-state index in [4.69, 9.17) is 4.98 Å². The minimum absolute atomic E-state index is 0.0151. The summed E-state index contributed by atoms with van der Waals surface area (Å²) in [4.78, 5) is 33.5. The molecule has 0 radical (unpaired) electrons. The van der Waals surface area contributed by atoms with Gasteiger partial charge >= 0.3 is 6.18 Å². The molecule has 0 saturated carbocycles. The first-order valence-corrected chi connectivity index (χ1v) is 13.4.